The van der Waals surface area contributed by atoms with Crippen LogP contribution in [0.2, 0.25) is 0 Å². The number of hydrogen-bond donors (Lipinski definition) is 1. The molecule has 0 rings (SSSR count). The highest BCUT2D eigenvalue weighted by Gasteiger charge is 1.01. The maximum absolute atomic E-state index is 7.72. The van der Waals surface area contributed by atoms with Gasteiger partial charge in [-0.2, -0.15) is 0 Å². The SMILES string of the molecule is C.N.[O]Cl. The molecule has 0 spiro atoms. The molecule has 0 amide bonds. The van der Waals surface area contributed by atoms with Crippen molar-refractivity contribution in [2.45, 2.75) is 7.43 Å². The molecule has 0 aliphatic carbocycles. The third-order valence-electron chi connectivity index (χ3n) is 0. The predicted molar refractivity (Wildman–Crippen MR) is 18.3 cm³/mol. The predicted octanol–water partition coefficient (Wildman–Crippen LogP) is 1.37. The largest absolute Gasteiger partial charge is 0.344 e. The summed E-state index contributed by atoms with van der Waals surface area (Å²) in [4.78, 5) is 0. The van der Waals surface area contributed by atoms with Gasteiger partial charge in [-0.15, -0.1) is 4.66 Å². The van der Waals surface area contributed by atoms with Gasteiger partial charge >= 0.3 is 0 Å². The van der Waals surface area contributed by atoms with E-state index in [2.05, 4.69) is 11.9 Å². The summed E-state index contributed by atoms with van der Waals surface area (Å²) in [6, 6.07) is 0. The van der Waals surface area contributed by atoms with Crippen LogP contribution in [0, 0.1) is 0 Å². The van der Waals surface area contributed by atoms with E-state index >= 15 is 0 Å². The first-order chi connectivity index (χ1) is 1.00. The molecule has 0 aliphatic heterocycles. The molecule has 3 N–H and O–H groups in total. The Morgan fingerprint density at radius 2 is 1.25 bits per heavy atom. The van der Waals surface area contributed by atoms with Crippen molar-refractivity contribution in [3.63, 3.8) is 0 Å². The lowest BCUT2D eigenvalue weighted by Gasteiger charge is -1.01. The Hall–Kier alpha value is 0.210. The van der Waals surface area contributed by atoms with Crippen LogP contribution in [0.5, 0.6) is 0 Å². The lowest BCUT2D eigenvalue weighted by molar-refractivity contribution is 0.500. The van der Waals surface area contributed by atoms with E-state index in [0.717, 1.165) is 0 Å². The van der Waals surface area contributed by atoms with E-state index < -0.39 is 0 Å². The van der Waals surface area contributed by atoms with Crippen molar-refractivity contribution in [2.75, 3.05) is 0 Å². The highest BCUT2D eigenvalue weighted by Crippen LogP contribution is 1.36. The molecule has 2 nitrogen and oxygen atoms in total. The summed E-state index contributed by atoms with van der Waals surface area (Å²) in [5, 5.41) is 0. The molecule has 0 fully saturated rings. The monoisotopic (exact) mass is 84.0 g/mol. The fourth-order valence-electron chi connectivity index (χ4n) is 0. The van der Waals surface area contributed by atoms with Crippen LogP contribution in [0.4, 0.5) is 0 Å². The minimum absolute atomic E-state index is 0. The van der Waals surface area contributed by atoms with Crippen LogP contribution in [0.15, 0.2) is 0 Å². The van der Waals surface area contributed by atoms with E-state index in [1.165, 1.54) is 0 Å². The molecule has 3 heteroatoms. The maximum atomic E-state index is 7.72. The zero-order valence-electron chi connectivity index (χ0n) is 1.49. The van der Waals surface area contributed by atoms with Crippen molar-refractivity contribution >= 4 is 11.9 Å². The Morgan fingerprint density at radius 1 is 1.25 bits per heavy atom. The molecule has 0 saturated carbocycles. The first-order valence-electron chi connectivity index (χ1n) is 0.154. The summed E-state index contributed by atoms with van der Waals surface area (Å²) in [5.41, 5.74) is 0. The summed E-state index contributed by atoms with van der Waals surface area (Å²) >= 11 is 3.39. The van der Waals surface area contributed by atoms with Gasteiger partial charge in [0, 0.05) is 0 Å². The average Bonchev–Trinajstić information content (AvgIpc) is 1.00. The summed E-state index contributed by atoms with van der Waals surface area (Å²) in [5.74, 6) is 0. The first-order valence-corrected chi connectivity index (χ1v) is 0.463. The number of hydrogen-bond acceptors (Lipinski definition) is 1. The molecular formula is CH7ClNO. The van der Waals surface area contributed by atoms with Crippen molar-refractivity contribution in [3.05, 3.63) is 0 Å². The van der Waals surface area contributed by atoms with Crippen molar-refractivity contribution in [1.82, 2.24) is 6.15 Å². The summed E-state index contributed by atoms with van der Waals surface area (Å²) in [6.45, 7) is 0. The van der Waals surface area contributed by atoms with Gasteiger partial charge in [-0.3, -0.25) is 0 Å². The van der Waals surface area contributed by atoms with Gasteiger partial charge in [-0.1, -0.05) is 7.43 Å². The van der Waals surface area contributed by atoms with Gasteiger partial charge in [0.2, 0.25) is 0 Å². The lowest BCUT2D eigenvalue weighted by Crippen LogP contribution is -0.793. The second-order valence-corrected chi connectivity index (χ2v) is 0. The molecule has 0 aromatic rings. The van der Waals surface area contributed by atoms with E-state index in [4.69, 9.17) is 4.66 Å². The highest BCUT2D eigenvalue weighted by molar-refractivity contribution is 6.04. The molecule has 29 valence electrons. The van der Waals surface area contributed by atoms with Gasteiger partial charge in [-0.25, -0.2) is 0 Å². The van der Waals surface area contributed by atoms with Crippen LogP contribution in [0.1, 0.15) is 7.43 Å². The van der Waals surface area contributed by atoms with Gasteiger partial charge in [0.15, 0.2) is 0 Å². The van der Waals surface area contributed by atoms with Gasteiger partial charge in [-0.05, 0) is 0 Å². The fraction of sp³-hybridized carbons (Fsp3) is 1.00. The van der Waals surface area contributed by atoms with Gasteiger partial charge in [0.1, 0.15) is 11.9 Å². The molecule has 1 radical (unpaired) electrons. The van der Waals surface area contributed by atoms with Crippen LogP contribution in [-0.4, -0.2) is 0 Å². The van der Waals surface area contributed by atoms with Crippen molar-refractivity contribution in [3.8, 4) is 0 Å². The summed E-state index contributed by atoms with van der Waals surface area (Å²) < 4.78 is 7.72. The van der Waals surface area contributed by atoms with E-state index in [9.17, 15) is 0 Å². The van der Waals surface area contributed by atoms with E-state index in [1.807, 2.05) is 0 Å². The maximum Gasteiger partial charge on any atom is 0.102 e. The van der Waals surface area contributed by atoms with Crippen LogP contribution in [0.25, 0.3) is 0 Å². The van der Waals surface area contributed by atoms with Gasteiger partial charge in [0.05, 0.1) is 0 Å². The topological polar surface area (TPSA) is 54.9 Å². The minimum Gasteiger partial charge on any atom is -0.344 e. The molecule has 0 unspecified atom stereocenters. The molecule has 0 aromatic carbocycles. The van der Waals surface area contributed by atoms with Gasteiger partial charge in [0.25, 0.3) is 0 Å². The summed E-state index contributed by atoms with van der Waals surface area (Å²) in [6.07, 6.45) is 0. The van der Waals surface area contributed by atoms with Crippen molar-refractivity contribution in [2.24, 2.45) is 0 Å². The molecular weight excluding hydrogens is 77.5 g/mol. The number of rotatable bonds is 0. The lowest BCUT2D eigenvalue weighted by atomic mass is 12.0. The van der Waals surface area contributed by atoms with Gasteiger partial charge < -0.3 is 6.15 Å². The molecule has 0 aromatic heterocycles. The van der Waals surface area contributed by atoms with Crippen LogP contribution >= 0.6 is 11.9 Å². The second kappa shape index (κ2) is 356. The smallest absolute Gasteiger partial charge is 0.102 e. The Bertz CT molecular complexity index is 8.00. The molecule has 0 saturated heterocycles. The van der Waals surface area contributed by atoms with Crippen LogP contribution < -0.4 is 6.15 Å². The fourth-order valence-corrected chi connectivity index (χ4v) is 0. The molecule has 0 heterocycles. The van der Waals surface area contributed by atoms with E-state index in [1.54, 1.807) is 0 Å². The van der Waals surface area contributed by atoms with Crippen LogP contribution in [-0.2, 0) is 4.66 Å². The molecule has 4 heavy (non-hydrogen) atoms. The minimum atomic E-state index is 0. The zero-order valence-corrected chi connectivity index (χ0v) is 2.25. The third-order valence-corrected chi connectivity index (χ3v) is 0. The average molecular weight is 84.5 g/mol. The van der Waals surface area contributed by atoms with E-state index in [0.29, 0.717) is 0 Å². The number of halogens is 1. The molecule has 0 aliphatic rings. The van der Waals surface area contributed by atoms with Crippen molar-refractivity contribution < 1.29 is 4.66 Å². The molecule has 0 bridgehead atoms. The van der Waals surface area contributed by atoms with Crippen LogP contribution in [0.3, 0.4) is 0 Å². The Morgan fingerprint density at radius 3 is 1.25 bits per heavy atom. The normalized spacial score (nSPS) is 1.50. The Balaban J connectivity index is -0.00000000500. The first kappa shape index (κ1) is 29.6. The highest BCUT2D eigenvalue weighted by atomic mass is 35.5. The molecule has 0 atom stereocenters. The van der Waals surface area contributed by atoms with E-state index in [-0.39, 0.29) is 13.6 Å². The van der Waals surface area contributed by atoms with Crippen molar-refractivity contribution in [1.29, 1.82) is 0 Å². The standard InChI is InChI=1S/CH4.ClO.H3N/c;1-2;/h1H4;;1H3. The third kappa shape index (κ3) is 73.4. The summed E-state index contributed by atoms with van der Waals surface area (Å²) in [7, 11) is 0. The second-order valence-electron chi connectivity index (χ2n) is 0. The quantitative estimate of drug-likeness (QED) is 0.474. The Kier molecular flexibility index (Phi) is 2630. The Labute approximate surface area is 31.2 Å². The zero-order chi connectivity index (χ0) is 2.00.